The zero-order valence-corrected chi connectivity index (χ0v) is 7.76. The molecule has 0 N–H and O–H groups in total. The van der Waals surface area contributed by atoms with E-state index in [0.29, 0.717) is 32.1 Å². The van der Waals surface area contributed by atoms with Crippen LogP contribution in [0.1, 0.15) is 1.37 Å². The number of hydrogen-bond acceptors (Lipinski definition) is 4. The van der Waals surface area contributed by atoms with E-state index in [1.54, 1.807) is 18.5 Å². The predicted octanol–water partition coefficient (Wildman–Crippen LogP) is -0.245. The number of carbonyl (C=O) groups is 1. The van der Waals surface area contributed by atoms with Crippen molar-refractivity contribution in [3.05, 3.63) is 18.5 Å². The highest BCUT2D eigenvalue weighted by atomic mass is 16.1. The third-order valence-electron chi connectivity index (χ3n) is 2.24. The smallest absolute Gasteiger partial charge is 0.225 e. The Balaban J connectivity index is 1.97. The van der Waals surface area contributed by atoms with E-state index in [2.05, 4.69) is 9.97 Å². The highest BCUT2D eigenvalue weighted by Crippen LogP contribution is 2.07. The lowest BCUT2D eigenvalue weighted by molar-refractivity contribution is -0.118. The number of carbonyl (C=O) groups excluding carboxylic acids is 1. The summed E-state index contributed by atoms with van der Waals surface area (Å²) in [5, 5.41) is 0. The fraction of sp³-hybridized carbons (Fsp3) is 0.444. The van der Waals surface area contributed by atoms with Crippen LogP contribution < -0.4 is 4.90 Å². The van der Waals surface area contributed by atoms with Gasteiger partial charge in [-0.15, -0.1) is 0 Å². The van der Waals surface area contributed by atoms with E-state index in [0.717, 1.165) is 0 Å². The fourth-order valence-corrected chi connectivity index (χ4v) is 1.45. The van der Waals surface area contributed by atoms with Crippen LogP contribution in [-0.4, -0.2) is 47.4 Å². The molecule has 1 aliphatic rings. The second kappa shape index (κ2) is 4.04. The van der Waals surface area contributed by atoms with Gasteiger partial charge in [-0.2, -0.15) is 0 Å². The summed E-state index contributed by atoms with van der Waals surface area (Å²) >= 11 is 0. The molecule has 0 saturated carbocycles. The largest absolute Gasteiger partial charge is 0.342 e. The van der Waals surface area contributed by atoms with Crippen LogP contribution in [0.5, 0.6) is 0 Å². The molecule has 0 aliphatic carbocycles. The highest BCUT2D eigenvalue weighted by Gasteiger charge is 2.16. The summed E-state index contributed by atoms with van der Waals surface area (Å²) in [4.78, 5) is 22.6. The number of piperazine rings is 1. The van der Waals surface area contributed by atoms with Gasteiger partial charge in [-0.05, 0) is 6.07 Å². The van der Waals surface area contributed by atoms with Crippen molar-refractivity contribution in [1.29, 1.82) is 0 Å². The Morgan fingerprint density at radius 3 is 2.50 bits per heavy atom. The summed E-state index contributed by atoms with van der Waals surface area (Å²) in [7, 11) is 0. The van der Waals surface area contributed by atoms with Gasteiger partial charge in [0.05, 0.1) is 0 Å². The minimum Gasteiger partial charge on any atom is -0.342 e. The standard InChI is InChI=1S/C9H12N4O/c14-8-12-4-6-13(7-5-12)9-10-2-1-3-11-9/h1-3,8H,4-7H2/i8D. The Morgan fingerprint density at radius 1 is 1.29 bits per heavy atom. The summed E-state index contributed by atoms with van der Waals surface area (Å²) < 4.78 is 6.98. The zero-order chi connectivity index (χ0) is 10.7. The van der Waals surface area contributed by atoms with Crippen molar-refractivity contribution in [2.24, 2.45) is 0 Å². The van der Waals surface area contributed by atoms with Crippen molar-refractivity contribution in [3.63, 3.8) is 0 Å². The Labute approximate surface area is 83.8 Å². The molecular weight excluding hydrogens is 180 g/mol. The van der Waals surface area contributed by atoms with E-state index >= 15 is 0 Å². The predicted molar refractivity (Wildman–Crippen MR) is 51.9 cm³/mol. The third-order valence-corrected chi connectivity index (χ3v) is 2.24. The number of aromatic nitrogens is 2. The summed E-state index contributed by atoms with van der Waals surface area (Å²) in [6.07, 6.45) is 2.79. The zero-order valence-electron chi connectivity index (χ0n) is 8.76. The van der Waals surface area contributed by atoms with Crippen molar-refractivity contribution >= 4 is 12.3 Å². The topological polar surface area (TPSA) is 49.3 Å². The number of amides is 1. The minimum atomic E-state index is -0.608. The van der Waals surface area contributed by atoms with Gasteiger partial charge in [0, 0.05) is 38.6 Å². The highest BCUT2D eigenvalue weighted by molar-refractivity contribution is 5.48. The molecule has 5 heteroatoms. The molecule has 1 aromatic heterocycles. The van der Waals surface area contributed by atoms with E-state index in [1.165, 1.54) is 4.90 Å². The van der Waals surface area contributed by atoms with E-state index in [-0.39, 0.29) is 0 Å². The quantitative estimate of drug-likeness (QED) is 0.577. The lowest BCUT2D eigenvalue weighted by atomic mass is 10.3. The van der Waals surface area contributed by atoms with Crippen LogP contribution in [-0.2, 0) is 4.79 Å². The summed E-state index contributed by atoms with van der Waals surface area (Å²) in [5.74, 6) is 0.689. The third kappa shape index (κ3) is 1.81. The molecule has 74 valence electrons. The first-order valence-electron chi connectivity index (χ1n) is 5.05. The Bertz CT molecular complexity index is 337. The SMILES string of the molecule is [2H]C(=O)N1CCN(c2ncccn2)CC1. The van der Waals surface area contributed by atoms with Crippen molar-refractivity contribution < 1.29 is 6.17 Å². The maximum Gasteiger partial charge on any atom is 0.225 e. The molecule has 0 atom stereocenters. The Hall–Kier alpha value is -1.65. The van der Waals surface area contributed by atoms with Crippen LogP contribution in [0.25, 0.3) is 0 Å². The Kier molecular flexibility index (Phi) is 2.23. The van der Waals surface area contributed by atoms with Gasteiger partial charge < -0.3 is 9.80 Å². The molecule has 2 rings (SSSR count). The summed E-state index contributed by atoms with van der Waals surface area (Å²) in [6, 6.07) is 1.77. The molecule has 1 fully saturated rings. The molecule has 0 unspecified atom stereocenters. The van der Waals surface area contributed by atoms with Gasteiger partial charge in [0.25, 0.3) is 0 Å². The van der Waals surface area contributed by atoms with E-state index < -0.39 is 6.39 Å². The average Bonchev–Trinajstić information content (AvgIpc) is 2.30. The van der Waals surface area contributed by atoms with E-state index in [4.69, 9.17) is 1.37 Å². The molecular formula is C9H12N4O. The van der Waals surface area contributed by atoms with E-state index in [1.807, 2.05) is 4.90 Å². The van der Waals surface area contributed by atoms with Crippen molar-refractivity contribution in [2.45, 2.75) is 0 Å². The first kappa shape index (κ1) is 7.73. The van der Waals surface area contributed by atoms with Crippen molar-refractivity contribution in [3.8, 4) is 0 Å². The molecule has 1 aliphatic heterocycles. The van der Waals surface area contributed by atoms with Crippen LogP contribution in [0.4, 0.5) is 5.95 Å². The lowest BCUT2D eigenvalue weighted by Gasteiger charge is -2.32. The molecule has 5 nitrogen and oxygen atoms in total. The van der Waals surface area contributed by atoms with Gasteiger partial charge in [-0.1, -0.05) is 0 Å². The average molecular weight is 193 g/mol. The monoisotopic (exact) mass is 193 g/mol. The maximum absolute atomic E-state index is 10.8. The molecule has 1 aromatic rings. The van der Waals surface area contributed by atoms with Crippen molar-refractivity contribution in [2.75, 3.05) is 31.1 Å². The van der Waals surface area contributed by atoms with Gasteiger partial charge in [-0.3, -0.25) is 4.79 Å². The number of hydrogen-bond donors (Lipinski definition) is 0. The fourth-order valence-electron chi connectivity index (χ4n) is 1.45. The molecule has 1 amide bonds. The first-order chi connectivity index (χ1) is 7.27. The van der Waals surface area contributed by atoms with Crippen LogP contribution in [0.2, 0.25) is 0 Å². The van der Waals surface area contributed by atoms with Crippen LogP contribution in [0, 0.1) is 0 Å². The van der Waals surface area contributed by atoms with Gasteiger partial charge >= 0.3 is 0 Å². The van der Waals surface area contributed by atoms with E-state index in [9.17, 15) is 4.79 Å². The second-order valence-corrected chi connectivity index (χ2v) is 3.11. The molecule has 14 heavy (non-hydrogen) atoms. The maximum atomic E-state index is 10.8. The van der Waals surface area contributed by atoms with Gasteiger partial charge in [0.15, 0.2) is 0 Å². The number of anilines is 1. The lowest BCUT2D eigenvalue weighted by Crippen LogP contribution is -2.46. The summed E-state index contributed by atoms with van der Waals surface area (Å²) in [5.41, 5.74) is 0. The van der Waals surface area contributed by atoms with Gasteiger partial charge in [-0.25, -0.2) is 9.97 Å². The minimum absolute atomic E-state index is 0.570. The number of nitrogens with zero attached hydrogens (tertiary/aromatic N) is 4. The van der Waals surface area contributed by atoms with Crippen LogP contribution in [0.15, 0.2) is 18.5 Å². The van der Waals surface area contributed by atoms with Gasteiger partial charge in [0.2, 0.25) is 12.3 Å². The molecule has 0 bridgehead atoms. The first-order valence-corrected chi connectivity index (χ1v) is 4.55. The van der Waals surface area contributed by atoms with Crippen LogP contribution >= 0.6 is 0 Å². The molecule has 0 spiro atoms. The molecule has 0 radical (unpaired) electrons. The van der Waals surface area contributed by atoms with Crippen LogP contribution in [0.3, 0.4) is 0 Å². The Morgan fingerprint density at radius 2 is 1.93 bits per heavy atom. The number of rotatable bonds is 1. The van der Waals surface area contributed by atoms with Gasteiger partial charge in [0.1, 0.15) is 1.37 Å². The van der Waals surface area contributed by atoms with Crippen molar-refractivity contribution in [1.82, 2.24) is 14.9 Å². The second-order valence-electron chi connectivity index (χ2n) is 3.11. The molecule has 2 heterocycles. The summed E-state index contributed by atoms with van der Waals surface area (Å²) in [6.45, 7) is 2.52. The normalized spacial score (nSPS) is 17.9. The molecule has 0 aromatic carbocycles. The molecule has 1 saturated heterocycles.